The van der Waals surface area contributed by atoms with Crippen molar-refractivity contribution in [1.29, 1.82) is 0 Å². The third-order valence-corrected chi connectivity index (χ3v) is 4.51. The van der Waals surface area contributed by atoms with Gasteiger partial charge < -0.3 is 9.74 Å². The highest BCUT2D eigenvalue weighted by atomic mass is 19.1. The van der Waals surface area contributed by atoms with Crippen LogP contribution in [0.5, 0.6) is 0 Å². The normalized spacial score (nSPS) is 24.8. The zero-order chi connectivity index (χ0) is 16.4. The Morgan fingerprint density at radius 3 is 2.96 bits per heavy atom. The number of oxime groups is 1. The van der Waals surface area contributed by atoms with Gasteiger partial charge in [0.1, 0.15) is 11.6 Å². The molecule has 2 atom stereocenters. The summed E-state index contributed by atoms with van der Waals surface area (Å²) in [5, 5.41) is 3.81. The van der Waals surface area contributed by atoms with E-state index >= 15 is 0 Å². The van der Waals surface area contributed by atoms with Crippen molar-refractivity contribution in [3.63, 3.8) is 0 Å². The molecule has 3 rings (SSSR count). The number of amides is 1. The molecule has 2 unspecified atom stereocenters. The molecule has 1 aromatic rings. The van der Waals surface area contributed by atoms with E-state index in [9.17, 15) is 13.6 Å². The van der Waals surface area contributed by atoms with Gasteiger partial charge in [0.05, 0.1) is 5.71 Å². The lowest BCUT2D eigenvalue weighted by Gasteiger charge is -2.22. The topological polar surface area (TPSA) is 41.9 Å². The largest absolute Gasteiger partial charge is 0.382 e. The third kappa shape index (κ3) is 3.51. The van der Waals surface area contributed by atoms with E-state index in [0.717, 1.165) is 37.5 Å². The fraction of sp³-hybridized carbons (Fsp3) is 0.529. The van der Waals surface area contributed by atoms with Crippen LogP contribution in [-0.2, 0) is 9.63 Å². The summed E-state index contributed by atoms with van der Waals surface area (Å²) < 4.78 is 27.1. The van der Waals surface area contributed by atoms with Crippen molar-refractivity contribution in [3.05, 3.63) is 35.4 Å². The Morgan fingerprint density at radius 2 is 2.13 bits per heavy atom. The Bertz CT molecular complexity index is 633. The van der Waals surface area contributed by atoms with Gasteiger partial charge in [-0.05, 0) is 43.4 Å². The molecule has 6 heteroatoms. The minimum absolute atomic E-state index is 0.0600. The molecule has 4 nitrogen and oxygen atoms in total. The first-order valence-electron chi connectivity index (χ1n) is 8.01. The van der Waals surface area contributed by atoms with Crippen LogP contribution in [0.4, 0.5) is 8.78 Å². The zero-order valence-corrected chi connectivity index (χ0v) is 13.1. The van der Waals surface area contributed by atoms with Crippen molar-refractivity contribution in [2.45, 2.75) is 38.7 Å². The van der Waals surface area contributed by atoms with Crippen LogP contribution >= 0.6 is 0 Å². The molecule has 1 aromatic carbocycles. The number of carbonyl (C=O) groups excluding carboxylic acids is 1. The van der Waals surface area contributed by atoms with Crippen LogP contribution < -0.4 is 0 Å². The van der Waals surface area contributed by atoms with Gasteiger partial charge in [-0.15, -0.1) is 0 Å². The molecular formula is C17H20F2N2O2. The Morgan fingerprint density at radius 1 is 1.30 bits per heavy atom. The second-order valence-electron chi connectivity index (χ2n) is 6.32. The molecule has 23 heavy (non-hydrogen) atoms. The third-order valence-electron chi connectivity index (χ3n) is 4.51. The molecule has 0 aromatic heterocycles. The van der Waals surface area contributed by atoms with Gasteiger partial charge in [0.25, 0.3) is 5.91 Å². The Kier molecular flexibility index (Phi) is 4.59. The monoisotopic (exact) mass is 322 g/mol. The molecule has 1 saturated heterocycles. The number of rotatable bonds is 2. The highest BCUT2D eigenvalue weighted by Gasteiger charge is 2.33. The fourth-order valence-corrected chi connectivity index (χ4v) is 3.07. The highest BCUT2D eigenvalue weighted by molar-refractivity contribution is 6.04. The van der Waals surface area contributed by atoms with Crippen molar-refractivity contribution in [3.8, 4) is 0 Å². The standard InChI is InChI=1S/C17H20F2N2O2/c1-11-3-2-7-21(8-6-11)17(22)16-10-15(20-23-16)13-9-12(18)4-5-14(13)19/h4-5,9,11,16H,2-3,6-8,10H2,1H3. The maximum Gasteiger partial charge on any atom is 0.266 e. The molecule has 2 heterocycles. The summed E-state index contributed by atoms with van der Waals surface area (Å²) in [6.07, 6.45) is 2.51. The van der Waals surface area contributed by atoms with E-state index in [-0.39, 0.29) is 23.6 Å². The second kappa shape index (κ2) is 6.64. The summed E-state index contributed by atoms with van der Waals surface area (Å²) in [6, 6.07) is 3.19. The number of halogens is 2. The Balaban J connectivity index is 1.66. The predicted molar refractivity (Wildman–Crippen MR) is 82.0 cm³/mol. The molecule has 124 valence electrons. The summed E-state index contributed by atoms with van der Waals surface area (Å²) in [5.41, 5.74) is 0.341. The van der Waals surface area contributed by atoms with Gasteiger partial charge in [-0.3, -0.25) is 4.79 Å². The minimum Gasteiger partial charge on any atom is -0.382 e. The molecule has 0 saturated carbocycles. The van der Waals surface area contributed by atoms with Gasteiger partial charge in [-0.2, -0.15) is 0 Å². The highest BCUT2D eigenvalue weighted by Crippen LogP contribution is 2.23. The van der Waals surface area contributed by atoms with Crippen molar-refractivity contribution in [2.75, 3.05) is 13.1 Å². The maximum atomic E-state index is 13.8. The van der Waals surface area contributed by atoms with E-state index in [0.29, 0.717) is 19.0 Å². The zero-order valence-electron chi connectivity index (χ0n) is 13.1. The summed E-state index contributed by atoms with van der Waals surface area (Å²) >= 11 is 0. The minimum atomic E-state index is -0.735. The van der Waals surface area contributed by atoms with Crippen LogP contribution in [0.1, 0.15) is 38.2 Å². The SMILES string of the molecule is CC1CCCN(C(=O)C2CC(c3cc(F)ccc3F)=NO2)CC1. The number of hydrogen-bond acceptors (Lipinski definition) is 3. The Labute approximate surface area is 134 Å². The van der Waals surface area contributed by atoms with Crippen molar-refractivity contribution < 1.29 is 18.4 Å². The number of carbonyl (C=O) groups is 1. The molecule has 0 bridgehead atoms. The first kappa shape index (κ1) is 15.9. The second-order valence-corrected chi connectivity index (χ2v) is 6.32. The average molecular weight is 322 g/mol. The van der Waals surface area contributed by atoms with Gasteiger partial charge in [0, 0.05) is 25.1 Å². The number of likely N-dealkylation sites (tertiary alicyclic amines) is 1. The molecule has 0 spiro atoms. The molecule has 0 radical (unpaired) electrons. The quantitative estimate of drug-likeness (QED) is 0.839. The van der Waals surface area contributed by atoms with Crippen LogP contribution in [0.25, 0.3) is 0 Å². The lowest BCUT2D eigenvalue weighted by Crippen LogP contribution is -2.40. The van der Waals surface area contributed by atoms with Gasteiger partial charge >= 0.3 is 0 Å². The average Bonchev–Trinajstić information content (AvgIpc) is 2.92. The van der Waals surface area contributed by atoms with Gasteiger partial charge in [-0.1, -0.05) is 12.1 Å². The van der Waals surface area contributed by atoms with Crippen LogP contribution in [-0.4, -0.2) is 35.7 Å². The van der Waals surface area contributed by atoms with E-state index in [2.05, 4.69) is 12.1 Å². The molecule has 0 aliphatic carbocycles. The maximum absolute atomic E-state index is 13.8. The van der Waals surface area contributed by atoms with Gasteiger partial charge in [0.2, 0.25) is 6.10 Å². The van der Waals surface area contributed by atoms with Crippen LogP contribution in [0.15, 0.2) is 23.4 Å². The van der Waals surface area contributed by atoms with Gasteiger partial charge in [-0.25, -0.2) is 8.78 Å². The van der Waals surface area contributed by atoms with E-state index < -0.39 is 17.7 Å². The Hall–Kier alpha value is -1.98. The summed E-state index contributed by atoms with van der Waals surface area (Å²) in [4.78, 5) is 19.6. The van der Waals surface area contributed by atoms with E-state index in [4.69, 9.17) is 4.84 Å². The van der Waals surface area contributed by atoms with E-state index in [1.54, 1.807) is 4.90 Å². The molecule has 2 aliphatic heterocycles. The van der Waals surface area contributed by atoms with Crippen LogP contribution in [0.2, 0.25) is 0 Å². The summed E-state index contributed by atoms with van der Waals surface area (Å²) in [7, 11) is 0. The number of nitrogens with zero attached hydrogens (tertiary/aromatic N) is 2. The van der Waals surface area contributed by atoms with Crippen molar-refractivity contribution in [2.24, 2.45) is 11.1 Å². The van der Waals surface area contributed by atoms with E-state index in [1.165, 1.54) is 0 Å². The summed E-state index contributed by atoms with van der Waals surface area (Å²) in [5.74, 6) is -0.606. The fourth-order valence-electron chi connectivity index (χ4n) is 3.07. The van der Waals surface area contributed by atoms with E-state index in [1.807, 2.05) is 0 Å². The molecule has 0 N–H and O–H groups in total. The lowest BCUT2D eigenvalue weighted by atomic mass is 10.0. The molecule has 1 fully saturated rings. The van der Waals surface area contributed by atoms with Crippen molar-refractivity contribution >= 4 is 11.6 Å². The number of hydrogen-bond donors (Lipinski definition) is 0. The lowest BCUT2D eigenvalue weighted by molar-refractivity contribution is -0.142. The van der Waals surface area contributed by atoms with Crippen LogP contribution in [0.3, 0.4) is 0 Å². The number of benzene rings is 1. The smallest absolute Gasteiger partial charge is 0.266 e. The molecular weight excluding hydrogens is 302 g/mol. The summed E-state index contributed by atoms with van der Waals surface area (Å²) in [6.45, 7) is 3.62. The van der Waals surface area contributed by atoms with Crippen molar-refractivity contribution in [1.82, 2.24) is 4.90 Å². The molecule has 2 aliphatic rings. The first-order valence-corrected chi connectivity index (χ1v) is 8.01. The van der Waals surface area contributed by atoms with Gasteiger partial charge in [0.15, 0.2) is 0 Å². The predicted octanol–water partition coefficient (Wildman–Crippen LogP) is 3.11. The first-order chi connectivity index (χ1) is 11.0. The molecule has 1 amide bonds. The van der Waals surface area contributed by atoms with Crippen LogP contribution in [0, 0.1) is 17.6 Å².